The number of rotatable bonds is 11. The number of hydrogen-bond acceptors (Lipinski definition) is 6. The smallest absolute Gasteiger partial charge is 0.306 e. The fourth-order valence-corrected chi connectivity index (χ4v) is 3.58. The van der Waals surface area contributed by atoms with Crippen molar-refractivity contribution >= 4 is 11.9 Å². The highest BCUT2D eigenvalue weighted by Crippen LogP contribution is 2.26. The number of nitrogens with zero attached hydrogens (tertiary/aromatic N) is 1. The summed E-state index contributed by atoms with van der Waals surface area (Å²) in [5.74, 6) is 1.69. The van der Waals surface area contributed by atoms with Gasteiger partial charge in [0.15, 0.2) is 5.96 Å². The molecule has 2 N–H and O–H groups in total. The molecular weight excluding hydrogens is 390 g/mol. The molecule has 0 spiro atoms. The van der Waals surface area contributed by atoms with Gasteiger partial charge in [-0.25, -0.2) is 0 Å². The Morgan fingerprint density at radius 1 is 1.16 bits per heavy atom. The number of hydrogen-bond donors (Lipinski definition) is 2. The molecule has 6 heteroatoms. The van der Waals surface area contributed by atoms with Crippen LogP contribution in [0.5, 0.6) is 5.75 Å². The Labute approximate surface area is 185 Å². The molecule has 6 nitrogen and oxygen atoms in total. The van der Waals surface area contributed by atoms with Crippen molar-refractivity contribution in [1.29, 1.82) is 0 Å². The Morgan fingerprint density at radius 2 is 1.97 bits per heavy atom. The van der Waals surface area contributed by atoms with Gasteiger partial charge in [0.25, 0.3) is 0 Å². The molecule has 1 atom stereocenters. The van der Waals surface area contributed by atoms with E-state index >= 15 is 0 Å². The molecule has 166 valence electrons. The predicted octanol–water partition coefficient (Wildman–Crippen LogP) is 3.67. The number of benzene rings is 2. The molecule has 0 aromatic heterocycles. The lowest BCUT2D eigenvalue weighted by molar-refractivity contribution is -0.143. The van der Waals surface area contributed by atoms with Crippen LogP contribution in [0.2, 0.25) is 0 Å². The fraction of sp³-hybridized carbons (Fsp3) is 0.440. The van der Waals surface area contributed by atoms with Crippen LogP contribution in [0.3, 0.4) is 0 Å². The number of aliphatic imine (C=N–C) groups is 1. The number of carbonyl (C=O) groups excluding carboxylic acids is 1. The van der Waals surface area contributed by atoms with Crippen molar-refractivity contribution in [2.45, 2.75) is 38.5 Å². The van der Waals surface area contributed by atoms with Gasteiger partial charge in [-0.15, -0.1) is 0 Å². The van der Waals surface area contributed by atoms with Gasteiger partial charge in [-0.05, 0) is 55.4 Å². The Morgan fingerprint density at radius 3 is 2.68 bits per heavy atom. The highest BCUT2D eigenvalue weighted by molar-refractivity contribution is 5.80. The second kappa shape index (κ2) is 12.6. The van der Waals surface area contributed by atoms with Crippen LogP contribution in [0.15, 0.2) is 59.6 Å². The Bertz CT molecular complexity index is 822. The maximum absolute atomic E-state index is 12.1. The second-order valence-corrected chi connectivity index (χ2v) is 7.60. The summed E-state index contributed by atoms with van der Waals surface area (Å²) < 4.78 is 11.0. The summed E-state index contributed by atoms with van der Waals surface area (Å²) in [6, 6.07) is 18.3. The summed E-state index contributed by atoms with van der Waals surface area (Å²) in [4.78, 5) is 16.5. The molecule has 3 rings (SSSR count). The third-order valence-electron chi connectivity index (χ3n) is 5.17. The minimum absolute atomic E-state index is 0.0920. The molecule has 1 aliphatic rings. The van der Waals surface area contributed by atoms with E-state index in [9.17, 15) is 4.79 Å². The van der Waals surface area contributed by atoms with Crippen molar-refractivity contribution in [2.24, 2.45) is 4.99 Å². The molecule has 0 amide bonds. The minimum atomic E-state index is -0.153. The maximum Gasteiger partial charge on any atom is 0.306 e. The monoisotopic (exact) mass is 423 g/mol. The number of ether oxygens (including phenoxy) is 2. The van der Waals surface area contributed by atoms with E-state index in [1.165, 1.54) is 5.56 Å². The van der Waals surface area contributed by atoms with Crippen molar-refractivity contribution < 1.29 is 14.3 Å². The zero-order valence-electron chi connectivity index (χ0n) is 18.3. The van der Waals surface area contributed by atoms with Crippen molar-refractivity contribution in [3.8, 4) is 5.75 Å². The number of carbonyl (C=O) groups is 1. The first-order valence-corrected chi connectivity index (χ1v) is 11.2. The standard InChI is InChI=1S/C25H33N3O3/c1-2-30-24(29)19-22(21-8-4-3-5-9-21)18-20-10-12-23(13-11-20)31-17-7-16-28-25-26-14-6-15-27-25/h3-5,8-13,22H,2,6-7,14-19H2,1H3,(H2,26,27,28)/t22-/m0/s1. The van der Waals surface area contributed by atoms with E-state index in [0.29, 0.717) is 19.6 Å². The van der Waals surface area contributed by atoms with E-state index in [2.05, 4.69) is 39.9 Å². The van der Waals surface area contributed by atoms with Crippen LogP contribution in [-0.4, -0.2) is 44.8 Å². The van der Waals surface area contributed by atoms with E-state index in [0.717, 1.165) is 56.2 Å². The van der Waals surface area contributed by atoms with E-state index in [1.54, 1.807) is 0 Å². The fourth-order valence-electron chi connectivity index (χ4n) is 3.58. The van der Waals surface area contributed by atoms with Crippen LogP contribution in [0.25, 0.3) is 0 Å². The van der Waals surface area contributed by atoms with Gasteiger partial charge in [0.05, 0.1) is 19.6 Å². The number of nitrogens with one attached hydrogen (secondary N) is 2. The molecule has 0 saturated heterocycles. The van der Waals surface area contributed by atoms with Gasteiger partial charge in [0.1, 0.15) is 5.75 Å². The van der Waals surface area contributed by atoms with Crippen LogP contribution >= 0.6 is 0 Å². The molecule has 2 aromatic rings. The Hall–Kier alpha value is -3.02. The molecule has 2 aromatic carbocycles. The summed E-state index contributed by atoms with van der Waals surface area (Å²) in [6.45, 7) is 5.60. The summed E-state index contributed by atoms with van der Waals surface area (Å²) in [5, 5.41) is 6.55. The average Bonchev–Trinajstić information content (AvgIpc) is 2.81. The Balaban J connectivity index is 1.47. The average molecular weight is 424 g/mol. The third kappa shape index (κ3) is 7.96. The van der Waals surface area contributed by atoms with Gasteiger partial charge in [-0.1, -0.05) is 42.5 Å². The van der Waals surface area contributed by atoms with Gasteiger partial charge >= 0.3 is 5.97 Å². The second-order valence-electron chi connectivity index (χ2n) is 7.60. The first-order chi connectivity index (χ1) is 15.2. The first-order valence-electron chi connectivity index (χ1n) is 11.2. The number of guanidine groups is 1. The lowest BCUT2D eigenvalue weighted by Crippen LogP contribution is -2.41. The van der Waals surface area contributed by atoms with Crippen molar-refractivity contribution in [3.05, 3.63) is 65.7 Å². The van der Waals surface area contributed by atoms with Gasteiger partial charge in [0, 0.05) is 19.6 Å². The normalized spacial score (nSPS) is 14.2. The molecule has 0 saturated carbocycles. The van der Waals surface area contributed by atoms with Crippen LogP contribution in [0.1, 0.15) is 43.2 Å². The largest absolute Gasteiger partial charge is 0.494 e. The molecule has 0 unspecified atom stereocenters. The molecule has 31 heavy (non-hydrogen) atoms. The molecule has 0 fully saturated rings. The third-order valence-corrected chi connectivity index (χ3v) is 5.17. The van der Waals surface area contributed by atoms with Crippen LogP contribution in [0.4, 0.5) is 0 Å². The van der Waals surface area contributed by atoms with Gasteiger partial charge in [-0.3, -0.25) is 9.79 Å². The summed E-state index contributed by atoms with van der Waals surface area (Å²) in [6.07, 6.45) is 3.16. The number of esters is 1. The topological polar surface area (TPSA) is 72.0 Å². The van der Waals surface area contributed by atoms with Gasteiger partial charge in [0.2, 0.25) is 0 Å². The van der Waals surface area contributed by atoms with Gasteiger partial charge < -0.3 is 20.1 Å². The molecule has 0 bridgehead atoms. The molecule has 1 aliphatic heterocycles. The summed E-state index contributed by atoms with van der Waals surface area (Å²) in [7, 11) is 0. The van der Waals surface area contributed by atoms with Crippen molar-refractivity contribution in [2.75, 3.05) is 32.8 Å². The quantitative estimate of drug-likeness (QED) is 0.426. The van der Waals surface area contributed by atoms with E-state index in [-0.39, 0.29) is 11.9 Å². The highest BCUT2D eigenvalue weighted by Gasteiger charge is 2.17. The zero-order valence-corrected chi connectivity index (χ0v) is 18.3. The zero-order chi connectivity index (χ0) is 21.7. The van der Waals surface area contributed by atoms with Crippen LogP contribution < -0.4 is 15.4 Å². The van der Waals surface area contributed by atoms with E-state index in [4.69, 9.17) is 9.47 Å². The van der Waals surface area contributed by atoms with Crippen LogP contribution in [-0.2, 0) is 16.0 Å². The lowest BCUT2D eigenvalue weighted by Gasteiger charge is -2.17. The van der Waals surface area contributed by atoms with E-state index in [1.807, 2.05) is 37.3 Å². The lowest BCUT2D eigenvalue weighted by atomic mass is 9.89. The highest BCUT2D eigenvalue weighted by atomic mass is 16.5. The predicted molar refractivity (Wildman–Crippen MR) is 124 cm³/mol. The van der Waals surface area contributed by atoms with Crippen molar-refractivity contribution in [1.82, 2.24) is 10.6 Å². The molecule has 0 aliphatic carbocycles. The Kier molecular flexibility index (Phi) is 9.23. The molecular formula is C25H33N3O3. The molecule has 1 heterocycles. The SMILES string of the molecule is CCOC(=O)C[C@H](Cc1ccc(OCCCNC2=NCCCN2)cc1)c1ccccc1. The summed E-state index contributed by atoms with van der Waals surface area (Å²) >= 11 is 0. The minimum Gasteiger partial charge on any atom is -0.494 e. The van der Waals surface area contributed by atoms with Crippen LogP contribution in [0, 0.1) is 0 Å². The maximum atomic E-state index is 12.1. The van der Waals surface area contributed by atoms with Crippen molar-refractivity contribution in [3.63, 3.8) is 0 Å². The van der Waals surface area contributed by atoms with E-state index < -0.39 is 0 Å². The first kappa shape index (κ1) is 22.7. The summed E-state index contributed by atoms with van der Waals surface area (Å²) in [5.41, 5.74) is 2.33. The molecule has 0 radical (unpaired) electrons. The van der Waals surface area contributed by atoms with Gasteiger partial charge in [-0.2, -0.15) is 0 Å².